The molecular formula is C15H20O4. The molecule has 1 fully saturated rings. The van der Waals surface area contributed by atoms with Crippen molar-refractivity contribution in [1.82, 2.24) is 0 Å². The van der Waals surface area contributed by atoms with Gasteiger partial charge in [-0.2, -0.15) is 0 Å². The SMILES string of the molecule is CCC1(CC)O[C@H](c2ccccc2)[C@H](C(=O)OC)O1. The van der Waals surface area contributed by atoms with Crippen LogP contribution in [-0.2, 0) is 19.0 Å². The summed E-state index contributed by atoms with van der Waals surface area (Å²) < 4.78 is 16.7. The van der Waals surface area contributed by atoms with Crippen molar-refractivity contribution < 1.29 is 19.0 Å². The van der Waals surface area contributed by atoms with Gasteiger partial charge in [-0.15, -0.1) is 0 Å². The maximum atomic E-state index is 11.9. The van der Waals surface area contributed by atoms with Crippen LogP contribution in [0.5, 0.6) is 0 Å². The maximum Gasteiger partial charge on any atom is 0.338 e. The molecule has 2 atom stereocenters. The number of benzene rings is 1. The Labute approximate surface area is 113 Å². The normalized spacial score (nSPS) is 25.2. The van der Waals surface area contributed by atoms with E-state index in [2.05, 4.69) is 0 Å². The van der Waals surface area contributed by atoms with E-state index < -0.39 is 24.0 Å². The standard InChI is InChI=1S/C15H20O4/c1-4-15(5-2)18-12(11-9-7-6-8-10-11)13(19-15)14(16)17-3/h6-10,12-13H,4-5H2,1-3H3/t12-,13-/m1/s1. The van der Waals surface area contributed by atoms with Crippen molar-refractivity contribution in [1.29, 1.82) is 0 Å². The van der Waals surface area contributed by atoms with E-state index in [1.807, 2.05) is 44.2 Å². The predicted molar refractivity (Wildman–Crippen MR) is 70.5 cm³/mol. The number of rotatable bonds is 4. The Morgan fingerprint density at radius 2 is 1.84 bits per heavy atom. The Morgan fingerprint density at radius 3 is 2.37 bits per heavy atom. The molecule has 0 radical (unpaired) electrons. The van der Waals surface area contributed by atoms with Crippen molar-refractivity contribution in [2.75, 3.05) is 7.11 Å². The van der Waals surface area contributed by atoms with E-state index in [1.165, 1.54) is 7.11 Å². The quantitative estimate of drug-likeness (QED) is 0.784. The van der Waals surface area contributed by atoms with Crippen molar-refractivity contribution in [2.45, 2.75) is 44.7 Å². The summed E-state index contributed by atoms with van der Waals surface area (Å²) in [5, 5.41) is 0. The van der Waals surface area contributed by atoms with Gasteiger partial charge in [-0.05, 0) is 18.4 Å². The van der Waals surface area contributed by atoms with Gasteiger partial charge in [-0.3, -0.25) is 0 Å². The molecule has 0 aliphatic carbocycles. The summed E-state index contributed by atoms with van der Waals surface area (Å²) in [6.07, 6.45) is 0.279. The molecule has 1 aromatic carbocycles. The zero-order valence-corrected chi connectivity index (χ0v) is 11.6. The van der Waals surface area contributed by atoms with E-state index in [9.17, 15) is 4.79 Å². The van der Waals surface area contributed by atoms with Crippen LogP contribution < -0.4 is 0 Å². The van der Waals surface area contributed by atoms with Crippen LogP contribution >= 0.6 is 0 Å². The zero-order valence-electron chi connectivity index (χ0n) is 11.6. The van der Waals surface area contributed by atoms with Gasteiger partial charge in [0.15, 0.2) is 11.9 Å². The third kappa shape index (κ3) is 2.65. The molecule has 0 N–H and O–H groups in total. The molecule has 1 saturated heterocycles. The van der Waals surface area contributed by atoms with Gasteiger partial charge in [0, 0.05) is 0 Å². The van der Waals surface area contributed by atoms with Crippen molar-refractivity contribution in [3.63, 3.8) is 0 Å². The summed E-state index contributed by atoms with van der Waals surface area (Å²) >= 11 is 0. The van der Waals surface area contributed by atoms with Crippen molar-refractivity contribution in [3.05, 3.63) is 35.9 Å². The highest BCUT2D eigenvalue weighted by atomic mass is 16.8. The lowest BCUT2D eigenvalue weighted by molar-refractivity contribution is -0.187. The first kappa shape index (κ1) is 14.0. The fourth-order valence-corrected chi connectivity index (χ4v) is 2.37. The molecule has 0 bridgehead atoms. The number of methoxy groups -OCH3 is 1. The Hall–Kier alpha value is -1.39. The van der Waals surface area contributed by atoms with Crippen LogP contribution in [0.4, 0.5) is 0 Å². The van der Waals surface area contributed by atoms with E-state index in [0.29, 0.717) is 12.8 Å². The molecule has 19 heavy (non-hydrogen) atoms. The number of esters is 1. The van der Waals surface area contributed by atoms with Crippen molar-refractivity contribution in [2.24, 2.45) is 0 Å². The van der Waals surface area contributed by atoms with Gasteiger partial charge in [-0.25, -0.2) is 4.79 Å². The Balaban J connectivity index is 2.31. The molecule has 0 aromatic heterocycles. The van der Waals surface area contributed by atoms with Gasteiger partial charge < -0.3 is 14.2 Å². The van der Waals surface area contributed by atoms with Gasteiger partial charge in [-0.1, -0.05) is 44.2 Å². The molecule has 1 aliphatic rings. The molecule has 0 spiro atoms. The molecule has 0 saturated carbocycles. The summed E-state index contributed by atoms with van der Waals surface area (Å²) in [6, 6.07) is 9.64. The summed E-state index contributed by atoms with van der Waals surface area (Å²) in [4.78, 5) is 11.9. The monoisotopic (exact) mass is 264 g/mol. The van der Waals surface area contributed by atoms with E-state index in [1.54, 1.807) is 0 Å². The Kier molecular flexibility index (Phi) is 4.22. The Morgan fingerprint density at radius 1 is 1.21 bits per heavy atom. The lowest BCUT2D eigenvalue weighted by atomic mass is 10.0. The van der Waals surface area contributed by atoms with E-state index in [0.717, 1.165) is 5.56 Å². The van der Waals surface area contributed by atoms with Gasteiger partial charge in [0.1, 0.15) is 6.10 Å². The fraction of sp³-hybridized carbons (Fsp3) is 0.533. The van der Waals surface area contributed by atoms with E-state index >= 15 is 0 Å². The minimum absolute atomic E-state index is 0.391. The highest BCUT2D eigenvalue weighted by Gasteiger charge is 2.49. The van der Waals surface area contributed by atoms with Crippen LogP contribution in [0.2, 0.25) is 0 Å². The molecule has 2 rings (SSSR count). The summed E-state index contributed by atoms with van der Waals surface area (Å²) in [5.74, 6) is -1.09. The second-order valence-corrected chi connectivity index (χ2v) is 4.63. The first-order valence-electron chi connectivity index (χ1n) is 6.64. The van der Waals surface area contributed by atoms with Crippen LogP contribution in [0.3, 0.4) is 0 Å². The number of ether oxygens (including phenoxy) is 3. The van der Waals surface area contributed by atoms with E-state index in [4.69, 9.17) is 14.2 Å². The second-order valence-electron chi connectivity index (χ2n) is 4.63. The van der Waals surface area contributed by atoms with Crippen LogP contribution in [0.1, 0.15) is 38.4 Å². The van der Waals surface area contributed by atoms with Gasteiger partial charge in [0.05, 0.1) is 7.11 Å². The minimum Gasteiger partial charge on any atom is -0.467 e. The molecule has 1 aromatic rings. The average molecular weight is 264 g/mol. The van der Waals surface area contributed by atoms with Crippen LogP contribution in [-0.4, -0.2) is 25.0 Å². The molecule has 4 heteroatoms. The molecule has 0 amide bonds. The summed E-state index contributed by atoms with van der Waals surface area (Å²) in [5.41, 5.74) is 0.932. The van der Waals surface area contributed by atoms with Gasteiger partial charge in [0.25, 0.3) is 0 Å². The van der Waals surface area contributed by atoms with E-state index in [-0.39, 0.29) is 0 Å². The molecular weight excluding hydrogens is 244 g/mol. The predicted octanol–water partition coefficient (Wildman–Crippen LogP) is 2.83. The number of hydrogen-bond acceptors (Lipinski definition) is 4. The lowest BCUT2D eigenvalue weighted by Crippen LogP contribution is -2.31. The zero-order chi connectivity index (χ0) is 13.9. The summed E-state index contributed by atoms with van der Waals surface area (Å²) in [7, 11) is 1.37. The van der Waals surface area contributed by atoms with Crippen molar-refractivity contribution >= 4 is 5.97 Å². The molecule has 0 unspecified atom stereocenters. The Bertz CT molecular complexity index is 425. The van der Waals surface area contributed by atoms with Crippen LogP contribution in [0, 0.1) is 0 Å². The number of carbonyl (C=O) groups is 1. The third-order valence-electron chi connectivity index (χ3n) is 3.60. The lowest BCUT2D eigenvalue weighted by Gasteiger charge is -2.24. The summed E-state index contributed by atoms with van der Waals surface area (Å²) in [6.45, 7) is 3.98. The highest BCUT2D eigenvalue weighted by molar-refractivity contribution is 5.76. The molecule has 4 nitrogen and oxygen atoms in total. The topological polar surface area (TPSA) is 44.8 Å². The minimum atomic E-state index is -0.702. The first-order valence-corrected chi connectivity index (χ1v) is 6.64. The van der Waals surface area contributed by atoms with Crippen molar-refractivity contribution in [3.8, 4) is 0 Å². The van der Waals surface area contributed by atoms with Crippen LogP contribution in [0.15, 0.2) is 30.3 Å². The van der Waals surface area contributed by atoms with Gasteiger partial charge in [0.2, 0.25) is 0 Å². The third-order valence-corrected chi connectivity index (χ3v) is 3.60. The smallest absolute Gasteiger partial charge is 0.338 e. The number of hydrogen-bond donors (Lipinski definition) is 0. The molecule has 1 aliphatic heterocycles. The largest absolute Gasteiger partial charge is 0.467 e. The average Bonchev–Trinajstić information content (AvgIpc) is 2.88. The highest BCUT2D eigenvalue weighted by Crippen LogP contribution is 2.42. The van der Waals surface area contributed by atoms with Gasteiger partial charge >= 0.3 is 5.97 Å². The first-order chi connectivity index (χ1) is 9.15. The molecule has 1 heterocycles. The maximum absolute atomic E-state index is 11.9. The fourth-order valence-electron chi connectivity index (χ4n) is 2.37. The molecule has 104 valence electrons. The van der Waals surface area contributed by atoms with Crippen LogP contribution in [0.25, 0.3) is 0 Å². The number of carbonyl (C=O) groups excluding carboxylic acids is 1. The second kappa shape index (κ2) is 5.72.